The zero-order valence-corrected chi connectivity index (χ0v) is 23.9. The Balaban J connectivity index is 1.28. The lowest BCUT2D eigenvalue weighted by atomic mass is 9.62. The van der Waals surface area contributed by atoms with Crippen molar-refractivity contribution in [3.05, 3.63) is 75.9 Å². The lowest BCUT2D eigenvalue weighted by molar-refractivity contribution is -0.0312. The second kappa shape index (κ2) is 10.00. The van der Waals surface area contributed by atoms with E-state index in [1.54, 1.807) is 6.33 Å². The van der Waals surface area contributed by atoms with E-state index in [-0.39, 0.29) is 17.1 Å². The first-order valence-electron chi connectivity index (χ1n) is 15.0. The van der Waals surface area contributed by atoms with Gasteiger partial charge in [0, 0.05) is 49.7 Å². The van der Waals surface area contributed by atoms with Gasteiger partial charge in [-0.05, 0) is 93.2 Å². The fourth-order valence-electron chi connectivity index (χ4n) is 7.25. The zero-order chi connectivity index (χ0) is 27.4. The van der Waals surface area contributed by atoms with Gasteiger partial charge in [-0.2, -0.15) is 0 Å². The fraction of sp³-hybridized carbons (Fsp3) is 0.531. The van der Waals surface area contributed by atoms with Crippen LogP contribution in [-0.2, 0) is 23.7 Å². The fourth-order valence-corrected chi connectivity index (χ4v) is 7.25. The number of aromatic amines is 1. The molecule has 1 atom stereocenters. The van der Waals surface area contributed by atoms with Gasteiger partial charge in [0.2, 0.25) is 0 Å². The summed E-state index contributed by atoms with van der Waals surface area (Å²) in [4.78, 5) is 20.1. The molecule has 4 aromatic rings. The number of aromatic nitrogens is 5. The second-order valence-electron chi connectivity index (χ2n) is 12.5. The molecular formula is C32H40N6O2. The van der Waals surface area contributed by atoms with Crippen molar-refractivity contribution in [2.45, 2.75) is 76.4 Å². The molecule has 1 aliphatic heterocycles. The number of benzene rings is 1. The van der Waals surface area contributed by atoms with Gasteiger partial charge in [-0.1, -0.05) is 19.1 Å². The van der Waals surface area contributed by atoms with Crippen molar-refractivity contribution in [2.75, 3.05) is 19.7 Å². The highest BCUT2D eigenvalue weighted by Crippen LogP contribution is 2.50. The molecule has 3 aromatic heterocycles. The molecule has 2 aliphatic carbocycles. The van der Waals surface area contributed by atoms with Crippen LogP contribution in [-0.4, -0.2) is 55.0 Å². The Morgan fingerprint density at radius 1 is 1.18 bits per heavy atom. The number of ether oxygens (including phenoxy) is 1. The number of nitrogens with one attached hydrogen (secondary N) is 1. The van der Waals surface area contributed by atoms with Crippen molar-refractivity contribution in [3.63, 3.8) is 0 Å². The molecule has 8 nitrogen and oxygen atoms in total. The number of fused-ring (bicyclic) bond motifs is 1. The van der Waals surface area contributed by atoms with E-state index in [2.05, 4.69) is 63.5 Å². The first kappa shape index (κ1) is 25.7. The molecular weight excluding hydrogens is 500 g/mol. The van der Waals surface area contributed by atoms with Crippen LogP contribution in [0.3, 0.4) is 0 Å². The van der Waals surface area contributed by atoms with Crippen LogP contribution in [0.4, 0.5) is 0 Å². The van der Waals surface area contributed by atoms with Crippen molar-refractivity contribution < 1.29 is 4.74 Å². The van der Waals surface area contributed by atoms with Gasteiger partial charge < -0.3 is 14.3 Å². The van der Waals surface area contributed by atoms with Crippen LogP contribution in [0.5, 0.6) is 0 Å². The maximum atomic E-state index is 14.0. The highest BCUT2D eigenvalue weighted by Gasteiger charge is 2.50. The lowest BCUT2D eigenvalue weighted by Gasteiger charge is -2.46. The topological polar surface area (TPSA) is 81.0 Å². The minimum absolute atomic E-state index is 0.0170. The number of piperidine rings is 1. The summed E-state index contributed by atoms with van der Waals surface area (Å²) in [5.41, 5.74) is 4.96. The smallest absolute Gasteiger partial charge is 0.279 e. The van der Waals surface area contributed by atoms with E-state index in [1.807, 2.05) is 23.1 Å². The molecule has 1 saturated heterocycles. The van der Waals surface area contributed by atoms with Crippen molar-refractivity contribution in [1.29, 1.82) is 0 Å². The van der Waals surface area contributed by atoms with Gasteiger partial charge in [-0.15, -0.1) is 10.2 Å². The number of pyridine rings is 1. The molecule has 40 heavy (non-hydrogen) atoms. The van der Waals surface area contributed by atoms with Gasteiger partial charge in [0.1, 0.15) is 17.7 Å². The third-order valence-corrected chi connectivity index (χ3v) is 9.41. The van der Waals surface area contributed by atoms with Gasteiger partial charge in [0.15, 0.2) is 0 Å². The predicted octanol–water partition coefficient (Wildman–Crippen LogP) is 5.04. The van der Waals surface area contributed by atoms with Crippen molar-refractivity contribution >= 4 is 10.9 Å². The summed E-state index contributed by atoms with van der Waals surface area (Å²) in [6, 6.07) is 10.7. The molecule has 210 valence electrons. The monoisotopic (exact) mass is 540 g/mol. The molecule has 3 aliphatic rings. The molecule has 3 fully saturated rings. The Hall–Kier alpha value is -3.23. The summed E-state index contributed by atoms with van der Waals surface area (Å²) < 4.78 is 9.85. The number of likely N-dealkylation sites (tertiary alicyclic amines) is 1. The van der Waals surface area contributed by atoms with Gasteiger partial charge in [0.25, 0.3) is 5.56 Å². The number of aryl methyl sites for hydroxylation is 1. The minimum Gasteiger partial charge on any atom is -0.378 e. The number of nitrogens with zero attached hydrogens (tertiary/aromatic N) is 5. The lowest BCUT2D eigenvalue weighted by Crippen LogP contribution is -2.48. The third kappa shape index (κ3) is 4.41. The van der Waals surface area contributed by atoms with Crippen LogP contribution in [0, 0.1) is 5.92 Å². The Kier molecular flexibility index (Phi) is 6.43. The Labute approximate surface area is 235 Å². The number of rotatable bonds is 8. The van der Waals surface area contributed by atoms with Gasteiger partial charge in [-0.3, -0.25) is 14.3 Å². The molecule has 0 amide bonds. The van der Waals surface area contributed by atoms with E-state index in [0.29, 0.717) is 12.5 Å². The summed E-state index contributed by atoms with van der Waals surface area (Å²) in [7, 11) is 2.00. The Bertz CT molecular complexity index is 1590. The molecule has 1 aromatic carbocycles. The van der Waals surface area contributed by atoms with Crippen LogP contribution < -0.4 is 5.56 Å². The molecule has 7 rings (SSSR count). The predicted molar refractivity (Wildman–Crippen MR) is 156 cm³/mol. The molecule has 2 saturated carbocycles. The first-order valence-corrected chi connectivity index (χ1v) is 15.0. The molecule has 0 bridgehead atoms. The van der Waals surface area contributed by atoms with Gasteiger partial charge in [-0.25, -0.2) is 0 Å². The average molecular weight is 541 g/mol. The Morgan fingerprint density at radius 2 is 2.02 bits per heavy atom. The molecule has 1 N–H and O–H groups in total. The van der Waals surface area contributed by atoms with Crippen LogP contribution in [0.15, 0.2) is 47.7 Å². The van der Waals surface area contributed by atoms with E-state index in [0.717, 1.165) is 72.1 Å². The third-order valence-electron chi connectivity index (χ3n) is 9.41. The molecule has 4 heterocycles. The number of H-pyrrole nitrogens is 1. The largest absolute Gasteiger partial charge is 0.378 e. The standard InChI is InChI=1S/C32H40N6O2/c1-4-40-26-15-32(16-26,31-35-33-20-36(31)3)23-8-5-9-25(13-23)38-19-28(22-10-11-22)27-14-24(34-29(27)30(38)39)18-37-12-6-7-21(2)17-37/h5,8-9,13-14,19-22,26,34H,4,6-7,10-12,15-18H2,1-3H3/t21-,26?,32?/m0/s1. The summed E-state index contributed by atoms with van der Waals surface area (Å²) in [5.74, 6) is 2.21. The molecule has 0 spiro atoms. The average Bonchev–Trinajstić information content (AvgIpc) is 3.54. The summed E-state index contributed by atoms with van der Waals surface area (Å²) in [6.07, 6.45) is 10.7. The van der Waals surface area contributed by atoms with Gasteiger partial charge >= 0.3 is 0 Å². The SMILES string of the molecule is CCOC1CC(c2cccc(-n3cc(C4CC4)c4cc(CN5CCC[C@H](C)C5)[nH]c4c3=O)c2)(c2nncn2C)C1. The normalized spacial score (nSPS) is 25.4. The maximum absolute atomic E-state index is 14.0. The van der Waals surface area contributed by atoms with Crippen molar-refractivity contribution in [1.82, 2.24) is 29.2 Å². The van der Waals surface area contributed by atoms with Crippen molar-refractivity contribution in [3.8, 4) is 5.69 Å². The first-order chi connectivity index (χ1) is 19.4. The second-order valence-corrected chi connectivity index (χ2v) is 12.5. The summed E-state index contributed by atoms with van der Waals surface area (Å²) in [6.45, 7) is 8.21. The van der Waals surface area contributed by atoms with Crippen LogP contribution in [0.2, 0.25) is 0 Å². The highest BCUT2D eigenvalue weighted by atomic mass is 16.5. The molecule has 0 radical (unpaired) electrons. The maximum Gasteiger partial charge on any atom is 0.279 e. The van der Waals surface area contributed by atoms with Gasteiger partial charge in [0.05, 0.1) is 11.5 Å². The molecule has 0 unspecified atom stereocenters. The van der Waals surface area contributed by atoms with Crippen molar-refractivity contribution in [2.24, 2.45) is 13.0 Å². The van der Waals surface area contributed by atoms with E-state index >= 15 is 0 Å². The number of hydrogen-bond acceptors (Lipinski definition) is 5. The van der Waals surface area contributed by atoms with E-state index in [4.69, 9.17) is 4.74 Å². The quantitative estimate of drug-likeness (QED) is 0.339. The Morgan fingerprint density at radius 3 is 2.75 bits per heavy atom. The van der Waals surface area contributed by atoms with E-state index in [1.165, 1.54) is 31.2 Å². The van der Waals surface area contributed by atoms with Crippen LogP contribution >= 0.6 is 0 Å². The van der Waals surface area contributed by atoms with E-state index in [9.17, 15) is 4.79 Å². The van der Waals surface area contributed by atoms with Crippen LogP contribution in [0.25, 0.3) is 16.6 Å². The summed E-state index contributed by atoms with van der Waals surface area (Å²) in [5, 5.41) is 9.82. The number of hydrogen-bond donors (Lipinski definition) is 1. The minimum atomic E-state index is -0.278. The van der Waals surface area contributed by atoms with E-state index < -0.39 is 0 Å². The zero-order valence-electron chi connectivity index (χ0n) is 23.9. The van der Waals surface area contributed by atoms with Crippen LogP contribution in [0.1, 0.15) is 80.9 Å². The molecule has 8 heteroatoms. The summed E-state index contributed by atoms with van der Waals surface area (Å²) >= 11 is 0. The highest BCUT2D eigenvalue weighted by molar-refractivity contribution is 5.84.